The fraction of sp³-hybridized carbons (Fsp3) is 0.222. The van der Waals surface area contributed by atoms with Gasteiger partial charge in [0, 0.05) is 17.9 Å². The van der Waals surface area contributed by atoms with Gasteiger partial charge in [0.25, 0.3) is 0 Å². The largest absolute Gasteiger partial charge is 0.326 e. The molecule has 1 aromatic heterocycles. The van der Waals surface area contributed by atoms with Crippen LogP contribution in [0.2, 0.25) is 0 Å². The van der Waals surface area contributed by atoms with Crippen LogP contribution in [0.3, 0.4) is 0 Å². The maximum Gasteiger partial charge on any atom is 0.225 e. The van der Waals surface area contributed by atoms with E-state index in [9.17, 15) is 4.79 Å². The van der Waals surface area contributed by atoms with E-state index in [0.717, 1.165) is 22.5 Å². The number of hydrogen-bond donors (Lipinski definition) is 1. The quantitative estimate of drug-likeness (QED) is 0.688. The highest BCUT2D eigenvalue weighted by molar-refractivity contribution is 7.99. The van der Waals surface area contributed by atoms with Gasteiger partial charge in [-0.25, -0.2) is 0 Å². The lowest BCUT2D eigenvalue weighted by molar-refractivity contribution is -0.115. The number of aryl methyl sites for hydroxylation is 2. The summed E-state index contributed by atoms with van der Waals surface area (Å²) in [4.78, 5) is 12.2. The first kappa shape index (κ1) is 17.2. The standard InChI is InChI=1S/C18H19N5OS/c1-13-7-6-8-14(2)17(13)19-16(24)11-12-25-18-20-21-22-23(18)15-9-4-3-5-10-15/h3-10H,11-12H2,1-2H3,(H,19,24). The van der Waals surface area contributed by atoms with E-state index in [4.69, 9.17) is 0 Å². The summed E-state index contributed by atoms with van der Waals surface area (Å²) in [5.41, 5.74) is 3.92. The number of nitrogens with one attached hydrogen (secondary N) is 1. The number of hydrogen-bond acceptors (Lipinski definition) is 5. The van der Waals surface area contributed by atoms with Crippen LogP contribution in [0.15, 0.2) is 53.7 Å². The van der Waals surface area contributed by atoms with Gasteiger partial charge >= 0.3 is 0 Å². The molecule has 128 valence electrons. The molecule has 3 rings (SSSR count). The molecule has 1 heterocycles. The van der Waals surface area contributed by atoms with Crippen LogP contribution in [-0.2, 0) is 4.79 Å². The molecular formula is C18H19N5OS. The first-order valence-electron chi connectivity index (χ1n) is 7.98. The van der Waals surface area contributed by atoms with Crippen LogP contribution in [0.4, 0.5) is 5.69 Å². The summed E-state index contributed by atoms with van der Waals surface area (Å²) in [5.74, 6) is 0.591. The molecule has 25 heavy (non-hydrogen) atoms. The highest BCUT2D eigenvalue weighted by Crippen LogP contribution is 2.21. The lowest BCUT2D eigenvalue weighted by Crippen LogP contribution is -2.14. The molecule has 0 bridgehead atoms. The average molecular weight is 353 g/mol. The van der Waals surface area contributed by atoms with Gasteiger partial charge in [-0.1, -0.05) is 48.2 Å². The first-order valence-corrected chi connectivity index (χ1v) is 8.96. The van der Waals surface area contributed by atoms with Gasteiger partial charge in [-0.3, -0.25) is 4.79 Å². The summed E-state index contributed by atoms with van der Waals surface area (Å²) in [5, 5.41) is 15.4. The molecule has 7 heteroatoms. The second-order valence-electron chi connectivity index (χ2n) is 5.62. The van der Waals surface area contributed by atoms with Crippen molar-refractivity contribution in [3.05, 3.63) is 59.7 Å². The number of anilines is 1. The highest BCUT2D eigenvalue weighted by Gasteiger charge is 2.11. The van der Waals surface area contributed by atoms with Gasteiger partial charge in [0.15, 0.2) is 0 Å². The van der Waals surface area contributed by atoms with Gasteiger partial charge in [-0.2, -0.15) is 4.68 Å². The fourth-order valence-electron chi connectivity index (χ4n) is 2.45. The molecule has 0 fully saturated rings. The number of tetrazole rings is 1. The lowest BCUT2D eigenvalue weighted by Gasteiger charge is -2.11. The van der Waals surface area contributed by atoms with Crippen LogP contribution < -0.4 is 5.32 Å². The summed E-state index contributed by atoms with van der Waals surface area (Å²) in [6, 6.07) is 15.7. The van der Waals surface area contributed by atoms with Crippen molar-refractivity contribution in [3.8, 4) is 5.69 Å². The Kier molecular flexibility index (Phi) is 5.45. The molecule has 0 saturated heterocycles. The summed E-state index contributed by atoms with van der Waals surface area (Å²) in [6.45, 7) is 3.98. The minimum atomic E-state index is -0.0105. The number of nitrogens with zero attached hydrogens (tertiary/aromatic N) is 4. The molecule has 1 amide bonds. The van der Waals surface area contributed by atoms with Crippen LogP contribution in [0.5, 0.6) is 0 Å². The molecule has 0 radical (unpaired) electrons. The zero-order valence-corrected chi connectivity index (χ0v) is 15.0. The number of benzene rings is 2. The zero-order valence-electron chi connectivity index (χ0n) is 14.1. The van der Waals surface area contributed by atoms with Gasteiger partial charge in [0.05, 0.1) is 5.69 Å². The number of carbonyl (C=O) groups excluding carboxylic acids is 1. The summed E-state index contributed by atoms with van der Waals surface area (Å²) in [6.07, 6.45) is 0.389. The molecule has 0 atom stereocenters. The van der Waals surface area contributed by atoms with Crippen LogP contribution >= 0.6 is 11.8 Å². The SMILES string of the molecule is Cc1cccc(C)c1NC(=O)CCSc1nnnn1-c1ccccc1. The van der Waals surface area contributed by atoms with Gasteiger partial charge in [-0.15, -0.1) is 5.10 Å². The third kappa shape index (κ3) is 4.24. The van der Waals surface area contributed by atoms with Crippen molar-refractivity contribution in [2.24, 2.45) is 0 Å². The Morgan fingerprint density at radius 3 is 2.52 bits per heavy atom. The molecule has 0 saturated carbocycles. The van der Waals surface area contributed by atoms with E-state index >= 15 is 0 Å². The van der Waals surface area contributed by atoms with E-state index < -0.39 is 0 Å². The first-order chi connectivity index (χ1) is 12.1. The minimum Gasteiger partial charge on any atom is -0.326 e. The van der Waals surface area contributed by atoms with E-state index in [1.54, 1.807) is 4.68 Å². The van der Waals surface area contributed by atoms with Crippen LogP contribution in [0, 0.1) is 13.8 Å². The zero-order chi connectivity index (χ0) is 17.6. The Morgan fingerprint density at radius 1 is 1.08 bits per heavy atom. The number of para-hydroxylation sites is 2. The fourth-order valence-corrected chi connectivity index (χ4v) is 3.28. The topological polar surface area (TPSA) is 72.7 Å². The van der Waals surface area contributed by atoms with Gasteiger partial charge < -0.3 is 5.32 Å². The van der Waals surface area contributed by atoms with Gasteiger partial charge in [0.1, 0.15) is 0 Å². The van der Waals surface area contributed by atoms with Crippen molar-refractivity contribution in [2.75, 3.05) is 11.1 Å². The molecule has 3 aromatic rings. The predicted molar refractivity (Wildman–Crippen MR) is 99.0 cm³/mol. The summed E-state index contributed by atoms with van der Waals surface area (Å²) < 4.78 is 1.67. The number of carbonyl (C=O) groups is 1. The second kappa shape index (κ2) is 7.94. The maximum atomic E-state index is 12.2. The van der Waals surface area contributed by atoms with Crippen LogP contribution in [0.1, 0.15) is 17.5 Å². The van der Waals surface area contributed by atoms with Gasteiger partial charge in [0.2, 0.25) is 11.1 Å². The molecule has 0 aliphatic rings. The molecule has 2 aromatic carbocycles. The Hall–Kier alpha value is -2.67. The molecule has 0 unspecified atom stereocenters. The van der Waals surface area contributed by atoms with E-state index in [2.05, 4.69) is 20.8 Å². The third-order valence-corrected chi connectivity index (χ3v) is 4.67. The Bertz CT molecular complexity index is 843. The number of aromatic nitrogens is 4. The van der Waals surface area contributed by atoms with E-state index in [1.807, 2.05) is 62.4 Å². The molecule has 1 N–H and O–H groups in total. The minimum absolute atomic E-state index is 0.0105. The maximum absolute atomic E-state index is 12.2. The Labute approximate surface area is 150 Å². The van der Waals surface area contributed by atoms with Crippen molar-refractivity contribution in [2.45, 2.75) is 25.4 Å². The summed E-state index contributed by atoms with van der Waals surface area (Å²) in [7, 11) is 0. The van der Waals surface area contributed by atoms with Crippen molar-refractivity contribution < 1.29 is 4.79 Å². The average Bonchev–Trinajstić information content (AvgIpc) is 3.08. The number of rotatable bonds is 6. The highest BCUT2D eigenvalue weighted by atomic mass is 32.2. The molecular weight excluding hydrogens is 334 g/mol. The second-order valence-corrected chi connectivity index (χ2v) is 6.68. The number of thioether (sulfide) groups is 1. The monoisotopic (exact) mass is 353 g/mol. The van der Waals surface area contributed by atoms with Crippen molar-refractivity contribution in [3.63, 3.8) is 0 Å². The van der Waals surface area contributed by atoms with E-state index in [1.165, 1.54) is 11.8 Å². The van der Waals surface area contributed by atoms with Crippen LogP contribution in [-0.4, -0.2) is 31.9 Å². The number of amides is 1. The molecule has 6 nitrogen and oxygen atoms in total. The lowest BCUT2D eigenvalue weighted by atomic mass is 10.1. The molecule has 0 spiro atoms. The summed E-state index contributed by atoms with van der Waals surface area (Å²) >= 11 is 1.46. The van der Waals surface area contributed by atoms with E-state index in [-0.39, 0.29) is 5.91 Å². The van der Waals surface area contributed by atoms with Crippen molar-refractivity contribution >= 4 is 23.4 Å². The predicted octanol–water partition coefficient (Wildman–Crippen LogP) is 3.40. The smallest absolute Gasteiger partial charge is 0.225 e. The van der Waals surface area contributed by atoms with Gasteiger partial charge in [-0.05, 0) is 47.5 Å². The van der Waals surface area contributed by atoms with Crippen molar-refractivity contribution in [1.29, 1.82) is 0 Å². The van der Waals surface area contributed by atoms with Crippen LogP contribution in [0.25, 0.3) is 5.69 Å². The normalized spacial score (nSPS) is 10.6. The Morgan fingerprint density at radius 2 is 1.80 bits per heavy atom. The third-order valence-electron chi connectivity index (χ3n) is 3.75. The van der Waals surface area contributed by atoms with E-state index in [0.29, 0.717) is 17.3 Å². The Balaban J connectivity index is 1.57. The molecule has 0 aliphatic carbocycles. The molecule has 0 aliphatic heterocycles. The van der Waals surface area contributed by atoms with Crippen molar-refractivity contribution in [1.82, 2.24) is 20.2 Å².